The van der Waals surface area contributed by atoms with Gasteiger partial charge in [-0.25, -0.2) is 4.57 Å². The Bertz CT molecular complexity index is 1000. The predicted molar refractivity (Wildman–Crippen MR) is 217 cm³/mol. The second kappa shape index (κ2) is 33.7. The van der Waals surface area contributed by atoms with Crippen molar-refractivity contribution in [2.45, 2.75) is 243 Å². The van der Waals surface area contributed by atoms with E-state index in [1.165, 1.54) is 116 Å². The summed E-state index contributed by atoms with van der Waals surface area (Å²) in [6.45, 7) is 3.30. The highest BCUT2D eigenvalue weighted by Crippen LogP contribution is 2.47. The van der Waals surface area contributed by atoms with Crippen LogP contribution in [0.3, 0.4) is 0 Å². The van der Waals surface area contributed by atoms with E-state index in [1.807, 2.05) is 0 Å². The van der Waals surface area contributed by atoms with Crippen molar-refractivity contribution < 1.29 is 63.1 Å². The topological polar surface area (TPSA) is 210 Å². The quantitative estimate of drug-likeness (QED) is 0.0199. The van der Waals surface area contributed by atoms with E-state index in [4.69, 9.17) is 18.5 Å². The molecule has 1 aliphatic rings. The minimum Gasteiger partial charge on any atom is -0.462 e. The zero-order valence-electron chi connectivity index (χ0n) is 34.9. The zero-order chi connectivity index (χ0) is 41.4. The summed E-state index contributed by atoms with van der Waals surface area (Å²) < 4.78 is 33.4. The molecule has 8 atom stereocenters. The summed E-state index contributed by atoms with van der Waals surface area (Å²) >= 11 is 0. The van der Waals surface area contributed by atoms with Crippen LogP contribution in [0, 0.1) is 0 Å². The lowest BCUT2D eigenvalue weighted by Crippen LogP contribution is -2.64. The number of phosphoric ester groups is 1. The minimum absolute atomic E-state index is 0.104. The van der Waals surface area contributed by atoms with Crippen molar-refractivity contribution >= 4 is 19.8 Å². The van der Waals surface area contributed by atoms with Crippen LogP contribution in [-0.2, 0) is 32.7 Å². The fourth-order valence-corrected chi connectivity index (χ4v) is 8.03. The molecular weight excluding hydrogens is 743 g/mol. The van der Waals surface area contributed by atoms with Gasteiger partial charge >= 0.3 is 19.8 Å². The van der Waals surface area contributed by atoms with Gasteiger partial charge in [-0.3, -0.25) is 18.6 Å². The number of ether oxygens (including phenoxy) is 2. The van der Waals surface area contributed by atoms with Crippen LogP contribution in [0.2, 0.25) is 0 Å². The van der Waals surface area contributed by atoms with Gasteiger partial charge in [-0.05, 0) is 12.8 Å². The van der Waals surface area contributed by atoms with Crippen molar-refractivity contribution in [3.8, 4) is 0 Å². The molecule has 0 aromatic carbocycles. The van der Waals surface area contributed by atoms with Gasteiger partial charge in [0, 0.05) is 12.8 Å². The van der Waals surface area contributed by atoms with Crippen LogP contribution in [0.5, 0.6) is 0 Å². The summed E-state index contributed by atoms with van der Waals surface area (Å²) in [5.41, 5.74) is 0. The van der Waals surface area contributed by atoms with Gasteiger partial charge in [-0.2, -0.15) is 0 Å². The Balaban J connectivity index is 2.44. The Labute approximate surface area is 338 Å². The van der Waals surface area contributed by atoms with Crippen molar-refractivity contribution in [1.29, 1.82) is 0 Å². The Morgan fingerprint density at radius 3 is 1.18 bits per heavy atom. The highest BCUT2D eigenvalue weighted by atomic mass is 31.2. The monoisotopic (exact) mass is 825 g/mol. The molecule has 1 fully saturated rings. The second-order valence-corrected chi connectivity index (χ2v) is 17.3. The Morgan fingerprint density at radius 1 is 0.482 bits per heavy atom. The van der Waals surface area contributed by atoms with Gasteiger partial charge in [0.1, 0.15) is 43.2 Å². The van der Waals surface area contributed by atoms with E-state index in [2.05, 4.69) is 13.8 Å². The fourth-order valence-electron chi connectivity index (χ4n) is 7.05. The Morgan fingerprint density at radius 2 is 0.804 bits per heavy atom. The first kappa shape index (κ1) is 52.9. The third-order valence-corrected chi connectivity index (χ3v) is 11.7. The maximum absolute atomic E-state index is 12.8. The van der Waals surface area contributed by atoms with Gasteiger partial charge in [0.15, 0.2) is 6.10 Å². The van der Waals surface area contributed by atoms with Gasteiger partial charge in [-0.1, -0.05) is 174 Å². The van der Waals surface area contributed by atoms with E-state index in [1.54, 1.807) is 0 Å². The molecular formula is C42H81O13P. The fraction of sp³-hybridized carbons (Fsp3) is 0.952. The van der Waals surface area contributed by atoms with Crippen molar-refractivity contribution in [3.63, 3.8) is 0 Å². The molecule has 1 saturated carbocycles. The lowest BCUT2D eigenvalue weighted by atomic mass is 9.85. The molecule has 13 nitrogen and oxygen atoms in total. The molecule has 0 aromatic rings. The standard InChI is InChI=1S/C42H81O13P/c1-3-5-7-9-11-13-15-16-17-18-19-21-22-24-26-28-30-35(43)52-32-34(54-36(44)31-29-27-25-23-20-14-12-10-8-6-4-2)33-53-56(50,51)55-42-40(48)38(46)37(45)39(47)41(42)49/h34,37-42,45-49H,3-33H2,1-2H3,(H,50,51)/t34-,37?,38-,39?,40?,41?,42?/m1/s1. The van der Waals surface area contributed by atoms with Crippen LogP contribution in [0.15, 0.2) is 0 Å². The molecule has 0 saturated heterocycles. The zero-order valence-corrected chi connectivity index (χ0v) is 35.8. The Kier molecular flexibility index (Phi) is 31.8. The van der Waals surface area contributed by atoms with Crippen LogP contribution in [0.4, 0.5) is 0 Å². The lowest BCUT2D eigenvalue weighted by molar-refractivity contribution is -0.220. The summed E-state index contributed by atoms with van der Waals surface area (Å²) in [5, 5.41) is 50.0. The van der Waals surface area contributed by atoms with Crippen molar-refractivity contribution in [3.05, 3.63) is 0 Å². The first-order valence-corrected chi connectivity index (χ1v) is 23.8. The SMILES string of the molecule is CCCCCCCCCCCCCCCCCCC(=O)OC[C@H](COP(=O)(O)OC1C(O)C(O)C(O)[C@@H](O)C1O)OC(=O)CCCCCCCCCCCCC. The van der Waals surface area contributed by atoms with Crippen LogP contribution < -0.4 is 0 Å². The summed E-state index contributed by atoms with van der Waals surface area (Å²) in [7, 11) is -5.10. The summed E-state index contributed by atoms with van der Waals surface area (Å²) in [4.78, 5) is 35.6. The predicted octanol–water partition coefficient (Wildman–Crippen LogP) is 8.11. The second-order valence-electron chi connectivity index (χ2n) is 15.9. The highest BCUT2D eigenvalue weighted by Gasteiger charge is 2.51. The van der Waals surface area contributed by atoms with Gasteiger partial charge in [0.05, 0.1) is 6.61 Å². The van der Waals surface area contributed by atoms with Crippen LogP contribution in [0.1, 0.15) is 200 Å². The van der Waals surface area contributed by atoms with Gasteiger partial charge < -0.3 is 39.9 Å². The van der Waals surface area contributed by atoms with E-state index in [0.29, 0.717) is 12.8 Å². The number of unbranched alkanes of at least 4 members (excludes halogenated alkanes) is 25. The van der Waals surface area contributed by atoms with Crippen molar-refractivity contribution in [2.75, 3.05) is 13.2 Å². The van der Waals surface area contributed by atoms with E-state index in [-0.39, 0.29) is 12.8 Å². The molecule has 0 aliphatic heterocycles. The van der Waals surface area contributed by atoms with Crippen LogP contribution in [-0.4, -0.2) is 98.3 Å². The molecule has 0 amide bonds. The average Bonchev–Trinajstić information content (AvgIpc) is 3.18. The molecule has 6 N–H and O–H groups in total. The molecule has 1 rings (SSSR count). The number of esters is 2. The van der Waals surface area contributed by atoms with Crippen molar-refractivity contribution in [1.82, 2.24) is 0 Å². The number of carbonyl (C=O) groups excluding carboxylic acids is 2. The van der Waals surface area contributed by atoms with Gasteiger partial charge in [-0.15, -0.1) is 0 Å². The van der Waals surface area contributed by atoms with Crippen molar-refractivity contribution in [2.24, 2.45) is 0 Å². The number of carbonyl (C=O) groups is 2. The van der Waals surface area contributed by atoms with E-state index >= 15 is 0 Å². The Hall–Kier alpha value is -1.15. The van der Waals surface area contributed by atoms with Crippen LogP contribution in [0.25, 0.3) is 0 Å². The molecule has 0 spiro atoms. The third kappa shape index (κ3) is 26.1. The lowest BCUT2D eigenvalue weighted by Gasteiger charge is -2.41. The average molecular weight is 825 g/mol. The molecule has 0 aromatic heterocycles. The van der Waals surface area contributed by atoms with E-state index < -0.39 is 75.7 Å². The highest BCUT2D eigenvalue weighted by molar-refractivity contribution is 7.47. The van der Waals surface area contributed by atoms with Gasteiger partial charge in [0.25, 0.3) is 0 Å². The number of phosphoric acid groups is 1. The minimum atomic E-state index is -5.10. The molecule has 0 bridgehead atoms. The molecule has 14 heteroatoms. The molecule has 6 unspecified atom stereocenters. The normalized spacial score (nSPS) is 22.8. The van der Waals surface area contributed by atoms with Gasteiger partial charge in [0.2, 0.25) is 0 Å². The largest absolute Gasteiger partial charge is 0.472 e. The van der Waals surface area contributed by atoms with Crippen LogP contribution >= 0.6 is 7.82 Å². The molecule has 0 radical (unpaired) electrons. The summed E-state index contributed by atoms with van der Waals surface area (Å²) in [6, 6.07) is 0. The molecule has 0 heterocycles. The summed E-state index contributed by atoms with van der Waals surface area (Å²) in [6.07, 6.45) is 18.8. The number of aliphatic hydroxyl groups is 5. The third-order valence-electron chi connectivity index (χ3n) is 10.7. The van der Waals surface area contributed by atoms with E-state index in [9.17, 15) is 44.6 Å². The smallest absolute Gasteiger partial charge is 0.462 e. The first-order chi connectivity index (χ1) is 26.9. The number of hydrogen-bond donors (Lipinski definition) is 6. The molecule has 332 valence electrons. The number of rotatable bonds is 37. The number of aliphatic hydroxyl groups excluding tert-OH is 5. The molecule has 1 aliphatic carbocycles. The molecule has 56 heavy (non-hydrogen) atoms. The summed E-state index contributed by atoms with van der Waals surface area (Å²) in [5.74, 6) is -1.09. The first-order valence-electron chi connectivity index (χ1n) is 22.3. The maximum Gasteiger partial charge on any atom is 0.472 e. The number of hydrogen-bond acceptors (Lipinski definition) is 12. The maximum atomic E-state index is 12.8. The van der Waals surface area contributed by atoms with E-state index in [0.717, 1.165) is 44.9 Å².